The Kier molecular flexibility index (Phi) is 4.83. The SMILES string of the molecule is Cc1cc(=O)cc(C(=O)NCC2(N(C)C)CCCCC2)o1. The van der Waals surface area contributed by atoms with Crippen molar-refractivity contribution in [3.8, 4) is 0 Å². The fraction of sp³-hybridized carbons (Fsp3) is 0.625. The van der Waals surface area contributed by atoms with Crippen LogP contribution in [-0.4, -0.2) is 37.0 Å². The number of carbonyl (C=O) groups is 1. The van der Waals surface area contributed by atoms with Gasteiger partial charge in [0.05, 0.1) is 0 Å². The standard InChI is InChI=1S/C16H24N2O3/c1-12-9-13(19)10-14(21-12)15(20)17-11-16(18(2)3)7-5-4-6-8-16/h9-10H,4-8,11H2,1-3H3,(H,17,20). The molecule has 1 aromatic heterocycles. The van der Waals surface area contributed by atoms with Gasteiger partial charge in [0.25, 0.3) is 5.91 Å². The van der Waals surface area contributed by atoms with Gasteiger partial charge in [0.1, 0.15) is 5.76 Å². The molecule has 1 N–H and O–H groups in total. The van der Waals surface area contributed by atoms with E-state index in [0.29, 0.717) is 12.3 Å². The average molecular weight is 292 g/mol. The predicted octanol–water partition coefficient (Wildman–Crippen LogP) is 1.94. The van der Waals surface area contributed by atoms with E-state index in [1.54, 1.807) is 6.92 Å². The highest BCUT2D eigenvalue weighted by molar-refractivity contribution is 5.91. The molecule has 21 heavy (non-hydrogen) atoms. The van der Waals surface area contributed by atoms with E-state index in [1.165, 1.54) is 31.4 Å². The molecule has 0 unspecified atom stereocenters. The van der Waals surface area contributed by atoms with Gasteiger partial charge in [-0.15, -0.1) is 0 Å². The van der Waals surface area contributed by atoms with E-state index in [2.05, 4.69) is 24.3 Å². The zero-order chi connectivity index (χ0) is 15.5. The van der Waals surface area contributed by atoms with Crippen LogP contribution in [0.4, 0.5) is 0 Å². The lowest BCUT2D eigenvalue weighted by Crippen LogP contribution is -2.53. The Hall–Kier alpha value is -1.62. The molecule has 0 bridgehead atoms. The highest BCUT2D eigenvalue weighted by Crippen LogP contribution is 2.31. The van der Waals surface area contributed by atoms with Crippen molar-refractivity contribution < 1.29 is 9.21 Å². The Morgan fingerprint density at radius 2 is 1.95 bits per heavy atom. The van der Waals surface area contributed by atoms with Gasteiger partial charge in [-0.1, -0.05) is 19.3 Å². The zero-order valence-electron chi connectivity index (χ0n) is 13.1. The van der Waals surface area contributed by atoms with E-state index < -0.39 is 0 Å². The van der Waals surface area contributed by atoms with Crippen LogP contribution in [0.5, 0.6) is 0 Å². The summed E-state index contributed by atoms with van der Waals surface area (Å²) in [5, 5.41) is 2.93. The summed E-state index contributed by atoms with van der Waals surface area (Å²) in [5.41, 5.74) is -0.193. The minimum absolute atomic E-state index is 0.0119. The molecule has 0 aliphatic heterocycles. The van der Waals surface area contributed by atoms with Crippen molar-refractivity contribution in [3.63, 3.8) is 0 Å². The number of amides is 1. The maximum Gasteiger partial charge on any atom is 0.287 e. The molecule has 0 saturated heterocycles. The van der Waals surface area contributed by atoms with Crippen molar-refractivity contribution in [2.45, 2.75) is 44.6 Å². The normalized spacial score (nSPS) is 17.7. The number of carbonyl (C=O) groups excluding carboxylic acids is 1. The third kappa shape index (κ3) is 3.73. The molecule has 1 amide bonds. The Bertz CT molecular complexity index is 557. The predicted molar refractivity (Wildman–Crippen MR) is 81.6 cm³/mol. The summed E-state index contributed by atoms with van der Waals surface area (Å²) in [5.74, 6) is 0.222. The molecule has 0 spiro atoms. The third-order valence-corrected chi connectivity index (χ3v) is 4.42. The van der Waals surface area contributed by atoms with E-state index in [4.69, 9.17) is 4.42 Å². The topological polar surface area (TPSA) is 62.6 Å². The minimum Gasteiger partial charge on any atom is -0.456 e. The Morgan fingerprint density at radius 3 is 2.52 bits per heavy atom. The number of likely N-dealkylation sites (N-methyl/N-ethyl adjacent to an activating group) is 1. The van der Waals surface area contributed by atoms with E-state index in [0.717, 1.165) is 12.8 Å². The number of hydrogen-bond acceptors (Lipinski definition) is 4. The highest BCUT2D eigenvalue weighted by Gasteiger charge is 2.34. The first-order valence-electron chi connectivity index (χ1n) is 7.50. The van der Waals surface area contributed by atoms with Crippen molar-refractivity contribution in [1.82, 2.24) is 10.2 Å². The van der Waals surface area contributed by atoms with Crippen LogP contribution in [0.3, 0.4) is 0 Å². The molecule has 1 aromatic rings. The second kappa shape index (κ2) is 6.43. The third-order valence-electron chi connectivity index (χ3n) is 4.42. The summed E-state index contributed by atoms with van der Waals surface area (Å²) in [4.78, 5) is 25.8. The number of hydrogen-bond donors (Lipinski definition) is 1. The van der Waals surface area contributed by atoms with Gasteiger partial charge in [-0.25, -0.2) is 0 Å². The molecule has 1 fully saturated rings. The van der Waals surface area contributed by atoms with E-state index >= 15 is 0 Å². The molecular formula is C16H24N2O3. The summed E-state index contributed by atoms with van der Waals surface area (Å²) < 4.78 is 5.33. The second-order valence-corrected chi connectivity index (χ2v) is 6.13. The highest BCUT2D eigenvalue weighted by atomic mass is 16.3. The van der Waals surface area contributed by atoms with Crippen molar-refractivity contribution in [3.05, 3.63) is 33.9 Å². The minimum atomic E-state index is -0.317. The maximum absolute atomic E-state index is 12.2. The largest absolute Gasteiger partial charge is 0.456 e. The van der Waals surface area contributed by atoms with Crippen LogP contribution in [0.2, 0.25) is 0 Å². The first-order valence-corrected chi connectivity index (χ1v) is 7.50. The molecule has 116 valence electrons. The molecule has 5 nitrogen and oxygen atoms in total. The molecule has 0 aromatic carbocycles. The number of aryl methyl sites for hydroxylation is 1. The summed E-state index contributed by atoms with van der Waals surface area (Å²) in [6, 6.07) is 2.62. The Labute approximate surface area is 125 Å². The van der Waals surface area contributed by atoms with Crippen molar-refractivity contribution in [1.29, 1.82) is 0 Å². The summed E-state index contributed by atoms with van der Waals surface area (Å²) in [6.07, 6.45) is 5.80. The number of nitrogens with one attached hydrogen (secondary N) is 1. The lowest BCUT2D eigenvalue weighted by atomic mass is 9.80. The molecule has 0 radical (unpaired) electrons. The second-order valence-electron chi connectivity index (χ2n) is 6.13. The zero-order valence-corrected chi connectivity index (χ0v) is 13.1. The van der Waals surface area contributed by atoms with Crippen LogP contribution in [-0.2, 0) is 0 Å². The quantitative estimate of drug-likeness (QED) is 0.921. The summed E-state index contributed by atoms with van der Waals surface area (Å²) in [7, 11) is 4.12. The van der Waals surface area contributed by atoms with Crippen LogP contribution >= 0.6 is 0 Å². The first-order chi connectivity index (χ1) is 9.93. The molecule has 0 atom stereocenters. The fourth-order valence-electron chi connectivity index (χ4n) is 3.04. The Balaban J connectivity index is 2.06. The van der Waals surface area contributed by atoms with Crippen LogP contribution < -0.4 is 10.7 Å². The van der Waals surface area contributed by atoms with Gasteiger partial charge in [0.2, 0.25) is 0 Å². The van der Waals surface area contributed by atoms with Crippen molar-refractivity contribution in [2.24, 2.45) is 0 Å². The van der Waals surface area contributed by atoms with E-state index in [9.17, 15) is 9.59 Å². The van der Waals surface area contributed by atoms with Crippen LogP contribution in [0.15, 0.2) is 21.3 Å². The number of nitrogens with zero attached hydrogens (tertiary/aromatic N) is 1. The summed E-state index contributed by atoms with van der Waals surface area (Å²) in [6.45, 7) is 2.25. The molecular weight excluding hydrogens is 268 g/mol. The van der Waals surface area contributed by atoms with Crippen LogP contribution in [0.1, 0.15) is 48.4 Å². The fourth-order valence-corrected chi connectivity index (χ4v) is 3.04. The maximum atomic E-state index is 12.2. The van der Waals surface area contributed by atoms with E-state index in [1.807, 2.05) is 0 Å². The smallest absolute Gasteiger partial charge is 0.287 e. The van der Waals surface area contributed by atoms with Gasteiger partial charge < -0.3 is 14.6 Å². The van der Waals surface area contributed by atoms with Gasteiger partial charge in [-0.2, -0.15) is 0 Å². The van der Waals surface area contributed by atoms with Gasteiger partial charge in [0.15, 0.2) is 11.2 Å². The van der Waals surface area contributed by atoms with Gasteiger partial charge in [-0.3, -0.25) is 9.59 Å². The van der Waals surface area contributed by atoms with E-state index in [-0.39, 0.29) is 22.6 Å². The Morgan fingerprint density at radius 1 is 1.29 bits per heavy atom. The van der Waals surface area contributed by atoms with Gasteiger partial charge in [-0.05, 0) is 33.9 Å². The van der Waals surface area contributed by atoms with Crippen LogP contribution in [0, 0.1) is 6.92 Å². The molecule has 1 saturated carbocycles. The first kappa shape index (κ1) is 15.8. The molecule has 1 aliphatic carbocycles. The van der Waals surface area contributed by atoms with Gasteiger partial charge >= 0.3 is 0 Å². The lowest BCUT2D eigenvalue weighted by molar-refractivity contribution is 0.0777. The molecule has 1 aliphatic rings. The van der Waals surface area contributed by atoms with Gasteiger partial charge in [0, 0.05) is 24.2 Å². The average Bonchev–Trinajstić information content (AvgIpc) is 2.44. The molecule has 1 heterocycles. The monoisotopic (exact) mass is 292 g/mol. The van der Waals surface area contributed by atoms with Crippen molar-refractivity contribution in [2.75, 3.05) is 20.6 Å². The van der Waals surface area contributed by atoms with Crippen molar-refractivity contribution >= 4 is 5.91 Å². The molecule has 2 rings (SSSR count). The summed E-state index contributed by atoms with van der Waals surface area (Å²) >= 11 is 0. The number of rotatable bonds is 4. The lowest BCUT2D eigenvalue weighted by Gasteiger charge is -2.43. The van der Waals surface area contributed by atoms with Crippen LogP contribution in [0.25, 0.3) is 0 Å². The molecule has 5 heteroatoms.